The Kier molecular flexibility index (Phi) is 6.63. The number of esters is 1. The number of carboxylic acids is 1. The molecule has 0 saturated carbocycles. The molecule has 5 heteroatoms. The zero-order chi connectivity index (χ0) is 20.6. The first-order valence-electron chi connectivity index (χ1n) is 9.26. The summed E-state index contributed by atoms with van der Waals surface area (Å²) in [6, 6.07) is 22.3. The van der Waals surface area contributed by atoms with Crippen molar-refractivity contribution in [1.29, 1.82) is 0 Å². The molecule has 0 unspecified atom stereocenters. The second-order valence-electron chi connectivity index (χ2n) is 6.60. The van der Waals surface area contributed by atoms with Gasteiger partial charge in [-0.05, 0) is 59.0 Å². The van der Waals surface area contributed by atoms with Crippen molar-refractivity contribution >= 4 is 11.9 Å². The Hall–Kier alpha value is -3.60. The van der Waals surface area contributed by atoms with E-state index in [0.717, 1.165) is 28.0 Å². The molecule has 3 aromatic rings. The van der Waals surface area contributed by atoms with Gasteiger partial charge in [0.25, 0.3) is 0 Å². The molecule has 0 spiro atoms. The number of ether oxygens (including phenoxy) is 2. The molecule has 0 saturated heterocycles. The van der Waals surface area contributed by atoms with E-state index in [1.54, 1.807) is 18.2 Å². The minimum absolute atomic E-state index is 0.223. The summed E-state index contributed by atoms with van der Waals surface area (Å²) in [5, 5.41) is 9.17. The van der Waals surface area contributed by atoms with Crippen molar-refractivity contribution in [3.8, 4) is 16.9 Å². The third-order valence-corrected chi connectivity index (χ3v) is 4.54. The molecule has 1 N–H and O–H groups in total. The molecule has 3 rings (SSSR count). The molecular weight excluding hydrogens is 368 g/mol. The van der Waals surface area contributed by atoms with Crippen LogP contribution in [0.3, 0.4) is 0 Å². The maximum Gasteiger partial charge on any atom is 0.335 e. The van der Waals surface area contributed by atoms with Crippen molar-refractivity contribution in [2.75, 3.05) is 7.11 Å². The van der Waals surface area contributed by atoms with Gasteiger partial charge in [-0.3, -0.25) is 4.79 Å². The summed E-state index contributed by atoms with van der Waals surface area (Å²) >= 11 is 0. The van der Waals surface area contributed by atoms with Crippen LogP contribution >= 0.6 is 0 Å². The smallest absolute Gasteiger partial charge is 0.335 e. The Morgan fingerprint density at radius 1 is 0.862 bits per heavy atom. The zero-order valence-corrected chi connectivity index (χ0v) is 16.1. The number of carbonyl (C=O) groups is 2. The third kappa shape index (κ3) is 5.69. The van der Waals surface area contributed by atoms with Gasteiger partial charge in [-0.25, -0.2) is 4.79 Å². The molecule has 0 aromatic heterocycles. The van der Waals surface area contributed by atoms with E-state index in [9.17, 15) is 14.7 Å². The van der Waals surface area contributed by atoms with Gasteiger partial charge in [0.15, 0.2) is 0 Å². The summed E-state index contributed by atoms with van der Waals surface area (Å²) in [7, 11) is 1.39. The van der Waals surface area contributed by atoms with E-state index in [2.05, 4.69) is 4.74 Å². The average Bonchev–Trinajstić information content (AvgIpc) is 2.77. The summed E-state index contributed by atoms with van der Waals surface area (Å²) in [5.74, 6) is -0.425. The quantitative estimate of drug-likeness (QED) is 0.563. The Labute approximate surface area is 169 Å². The standard InChI is InChI=1S/C24H22O5/c1-28-23(25)13-10-17-8-11-22(12-9-17)29-16-18-4-2-5-19(14-18)20-6-3-7-21(15-20)24(26)27/h2-9,11-12,14-15H,10,13,16H2,1H3,(H,26,27). The van der Waals surface area contributed by atoms with E-state index in [0.29, 0.717) is 19.4 Å². The fourth-order valence-corrected chi connectivity index (χ4v) is 2.94. The fourth-order valence-electron chi connectivity index (χ4n) is 2.94. The molecule has 0 bridgehead atoms. The van der Waals surface area contributed by atoms with Crippen molar-refractivity contribution in [2.45, 2.75) is 19.4 Å². The Morgan fingerprint density at radius 3 is 2.24 bits per heavy atom. The van der Waals surface area contributed by atoms with Crippen molar-refractivity contribution in [3.05, 3.63) is 89.5 Å². The average molecular weight is 390 g/mol. The van der Waals surface area contributed by atoms with Gasteiger partial charge in [-0.1, -0.05) is 42.5 Å². The fraction of sp³-hybridized carbons (Fsp3) is 0.167. The molecule has 0 radical (unpaired) electrons. The number of rotatable bonds is 8. The molecule has 5 nitrogen and oxygen atoms in total. The van der Waals surface area contributed by atoms with Gasteiger partial charge < -0.3 is 14.6 Å². The van der Waals surface area contributed by atoms with Crippen LogP contribution in [0, 0.1) is 0 Å². The molecule has 0 aliphatic heterocycles. The lowest BCUT2D eigenvalue weighted by atomic mass is 10.0. The monoisotopic (exact) mass is 390 g/mol. The molecule has 0 aliphatic rings. The van der Waals surface area contributed by atoms with Crippen LogP contribution < -0.4 is 4.74 Å². The molecule has 0 amide bonds. The van der Waals surface area contributed by atoms with E-state index >= 15 is 0 Å². The van der Waals surface area contributed by atoms with E-state index in [1.165, 1.54) is 7.11 Å². The summed E-state index contributed by atoms with van der Waals surface area (Å²) in [4.78, 5) is 22.4. The predicted molar refractivity (Wildman–Crippen MR) is 110 cm³/mol. The Bertz CT molecular complexity index is 992. The van der Waals surface area contributed by atoms with Crippen LogP contribution in [-0.2, 0) is 22.6 Å². The lowest BCUT2D eigenvalue weighted by molar-refractivity contribution is -0.140. The highest BCUT2D eigenvalue weighted by Crippen LogP contribution is 2.23. The number of benzene rings is 3. The molecule has 29 heavy (non-hydrogen) atoms. The molecular formula is C24H22O5. The largest absolute Gasteiger partial charge is 0.489 e. The normalized spacial score (nSPS) is 10.4. The second kappa shape index (κ2) is 9.55. The predicted octanol–water partition coefficient (Wildman–Crippen LogP) is 4.74. The number of hydrogen-bond acceptors (Lipinski definition) is 4. The van der Waals surface area contributed by atoms with E-state index in [-0.39, 0.29) is 11.5 Å². The molecule has 148 valence electrons. The molecule has 0 fully saturated rings. The van der Waals surface area contributed by atoms with E-state index in [4.69, 9.17) is 4.74 Å². The molecule has 3 aromatic carbocycles. The highest BCUT2D eigenvalue weighted by molar-refractivity contribution is 5.89. The number of aromatic carboxylic acids is 1. The Morgan fingerprint density at radius 2 is 1.55 bits per heavy atom. The van der Waals surface area contributed by atoms with Crippen LogP contribution in [0.1, 0.15) is 27.9 Å². The maximum atomic E-state index is 11.2. The lowest BCUT2D eigenvalue weighted by Crippen LogP contribution is -2.02. The Balaban J connectivity index is 1.63. The van der Waals surface area contributed by atoms with Crippen LogP contribution in [0.15, 0.2) is 72.8 Å². The highest BCUT2D eigenvalue weighted by atomic mass is 16.5. The van der Waals surface area contributed by atoms with Gasteiger partial charge in [0, 0.05) is 6.42 Å². The molecule has 0 aliphatic carbocycles. The van der Waals surface area contributed by atoms with Gasteiger partial charge in [0.05, 0.1) is 12.7 Å². The summed E-state index contributed by atoms with van der Waals surface area (Å²) in [6.45, 7) is 0.397. The minimum atomic E-state index is -0.943. The van der Waals surface area contributed by atoms with Crippen LogP contribution in [0.25, 0.3) is 11.1 Å². The molecule has 0 atom stereocenters. The number of methoxy groups -OCH3 is 1. The van der Waals surface area contributed by atoms with Crippen LogP contribution in [-0.4, -0.2) is 24.2 Å². The van der Waals surface area contributed by atoms with E-state index in [1.807, 2.05) is 54.6 Å². The minimum Gasteiger partial charge on any atom is -0.489 e. The lowest BCUT2D eigenvalue weighted by Gasteiger charge is -2.09. The number of carboxylic acid groups (broad SMARTS) is 1. The maximum absolute atomic E-state index is 11.2. The van der Waals surface area contributed by atoms with Gasteiger partial charge in [0.2, 0.25) is 0 Å². The van der Waals surface area contributed by atoms with Crippen LogP contribution in [0.5, 0.6) is 5.75 Å². The van der Waals surface area contributed by atoms with Crippen molar-refractivity contribution in [3.63, 3.8) is 0 Å². The van der Waals surface area contributed by atoms with Crippen molar-refractivity contribution in [1.82, 2.24) is 0 Å². The summed E-state index contributed by atoms with van der Waals surface area (Å²) in [6.07, 6.45) is 0.983. The van der Waals surface area contributed by atoms with Gasteiger partial charge in [-0.15, -0.1) is 0 Å². The number of aryl methyl sites for hydroxylation is 1. The van der Waals surface area contributed by atoms with Crippen LogP contribution in [0.2, 0.25) is 0 Å². The topological polar surface area (TPSA) is 72.8 Å². The first kappa shape index (κ1) is 20.1. The highest BCUT2D eigenvalue weighted by Gasteiger charge is 2.06. The second-order valence-corrected chi connectivity index (χ2v) is 6.60. The van der Waals surface area contributed by atoms with Gasteiger partial charge in [-0.2, -0.15) is 0 Å². The van der Waals surface area contributed by atoms with Crippen molar-refractivity contribution < 1.29 is 24.2 Å². The van der Waals surface area contributed by atoms with Gasteiger partial charge >= 0.3 is 11.9 Å². The van der Waals surface area contributed by atoms with Crippen LogP contribution in [0.4, 0.5) is 0 Å². The van der Waals surface area contributed by atoms with Crippen molar-refractivity contribution in [2.24, 2.45) is 0 Å². The first-order chi connectivity index (χ1) is 14.0. The first-order valence-corrected chi connectivity index (χ1v) is 9.26. The third-order valence-electron chi connectivity index (χ3n) is 4.54. The number of carbonyl (C=O) groups excluding carboxylic acids is 1. The zero-order valence-electron chi connectivity index (χ0n) is 16.1. The van der Waals surface area contributed by atoms with E-state index < -0.39 is 5.97 Å². The van der Waals surface area contributed by atoms with Gasteiger partial charge in [0.1, 0.15) is 12.4 Å². The molecule has 0 heterocycles. The summed E-state index contributed by atoms with van der Waals surface area (Å²) < 4.78 is 10.5. The SMILES string of the molecule is COC(=O)CCc1ccc(OCc2cccc(-c3cccc(C(=O)O)c3)c2)cc1. The number of hydrogen-bond donors (Lipinski definition) is 1. The summed E-state index contributed by atoms with van der Waals surface area (Å²) in [5.41, 5.74) is 4.08.